The van der Waals surface area contributed by atoms with Crippen molar-refractivity contribution in [1.82, 2.24) is 14.8 Å². The number of amides is 2. The third kappa shape index (κ3) is 2.93. The zero-order valence-electron chi connectivity index (χ0n) is 10.6. The van der Waals surface area contributed by atoms with Crippen LogP contribution in [0.4, 0.5) is 4.79 Å². The molecular formula is C12H15N3O4. The van der Waals surface area contributed by atoms with Crippen LogP contribution in [0.5, 0.6) is 0 Å². The van der Waals surface area contributed by atoms with Crippen LogP contribution in [0.2, 0.25) is 0 Å². The molecule has 0 radical (unpaired) electrons. The minimum absolute atomic E-state index is 0.152. The molecule has 1 N–H and O–H groups in total. The topological polar surface area (TPSA) is 82.7 Å². The summed E-state index contributed by atoms with van der Waals surface area (Å²) in [7, 11) is 1.33. The highest BCUT2D eigenvalue weighted by Crippen LogP contribution is 2.08. The summed E-state index contributed by atoms with van der Waals surface area (Å²) in [6, 6.07) is 2.81. The van der Waals surface area contributed by atoms with Gasteiger partial charge in [0.05, 0.1) is 12.7 Å². The number of nitrogens with one attached hydrogen (secondary N) is 1. The number of carbonyl (C=O) groups is 2. The van der Waals surface area contributed by atoms with Gasteiger partial charge in [-0.05, 0) is 6.07 Å². The maximum Gasteiger partial charge on any atom is 0.409 e. The Morgan fingerprint density at radius 1 is 1.16 bits per heavy atom. The van der Waals surface area contributed by atoms with E-state index in [2.05, 4.69) is 9.72 Å². The summed E-state index contributed by atoms with van der Waals surface area (Å²) < 4.78 is 4.63. The molecule has 2 amide bonds. The van der Waals surface area contributed by atoms with E-state index < -0.39 is 0 Å². The average molecular weight is 265 g/mol. The molecule has 102 valence electrons. The molecule has 0 aliphatic carbocycles. The minimum atomic E-state index is -0.379. The second kappa shape index (κ2) is 5.55. The van der Waals surface area contributed by atoms with Gasteiger partial charge in [-0.25, -0.2) is 4.79 Å². The SMILES string of the molecule is COC(=O)N1CCN(C(=O)c2ccc(=O)[nH]c2)CC1. The van der Waals surface area contributed by atoms with Gasteiger partial charge in [0, 0.05) is 38.4 Å². The van der Waals surface area contributed by atoms with E-state index in [1.807, 2.05) is 0 Å². The fourth-order valence-corrected chi connectivity index (χ4v) is 1.95. The van der Waals surface area contributed by atoms with Crippen molar-refractivity contribution in [2.24, 2.45) is 0 Å². The van der Waals surface area contributed by atoms with E-state index in [4.69, 9.17) is 0 Å². The number of piperazine rings is 1. The minimum Gasteiger partial charge on any atom is -0.453 e. The Morgan fingerprint density at radius 2 is 1.79 bits per heavy atom. The summed E-state index contributed by atoms with van der Waals surface area (Å²) in [6.07, 6.45) is 1.02. The molecule has 7 heteroatoms. The molecule has 0 aromatic carbocycles. The lowest BCUT2D eigenvalue weighted by molar-refractivity contribution is 0.0599. The van der Waals surface area contributed by atoms with Gasteiger partial charge in [-0.2, -0.15) is 0 Å². The Hall–Kier alpha value is -2.31. The van der Waals surface area contributed by atoms with E-state index in [0.717, 1.165) is 0 Å². The highest BCUT2D eigenvalue weighted by molar-refractivity contribution is 5.94. The predicted octanol–water partition coefficient (Wildman–Crippen LogP) is -0.101. The van der Waals surface area contributed by atoms with Gasteiger partial charge >= 0.3 is 6.09 Å². The van der Waals surface area contributed by atoms with Gasteiger partial charge in [-0.3, -0.25) is 9.59 Å². The number of H-pyrrole nitrogens is 1. The molecule has 1 aliphatic heterocycles. The fourth-order valence-electron chi connectivity index (χ4n) is 1.95. The van der Waals surface area contributed by atoms with Gasteiger partial charge in [0.1, 0.15) is 0 Å². The van der Waals surface area contributed by atoms with Gasteiger partial charge in [0.15, 0.2) is 0 Å². The zero-order chi connectivity index (χ0) is 13.8. The lowest BCUT2D eigenvalue weighted by Crippen LogP contribution is -2.50. The molecule has 19 heavy (non-hydrogen) atoms. The van der Waals surface area contributed by atoms with Crippen molar-refractivity contribution in [3.8, 4) is 0 Å². The molecule has 2 heterocycles. The molecule has 0 atom stereocenters. The number of aromatic amines is 1. The van der Waals surface area contributed by atoms with Crippen LogP contribution in [-0.2, 0) is 4.74 Å². The van der Waals surface area contributed by atoms with Gasteiger partial charge in [0.25, 0.3) is 5.91 Å². The first kappa shape index (κ1) is 13.1. The Labute approximate surface area is 109 Å². The normalized spacial score (nSPS) is 15.2. The summed E-state index contributed by atoms with van der Waals surface area (Å²) in [5.74, 6) is -0.152. The lowest BCUT2D eigenvalue weighted by atomic mass is 10.2. The number of hydrogen-bond donors (Lipinski definition) is 1. The molecule has 1 aliphatic rings. The molecule has 0 bridgehead atoms. The van der Waals surface area contributed by atoms with Crippen molar-refractivity contribution in [2.45, 2.75) is 0 Å². The summed E-state index contributed by atoms with van der Waals surface area (Å²) >= 11 is 0. The molecule has 1 aromatic heterocycles. The molecule has 1 aromatic rings. The van der Waals surface area contributed by atoms with Crippen LogP contribution in [0.15, 0.2) is 23.1 Å². The molecule has 2 rings (SSSR count). The van der Waals surface area contributed by atoms with Crippen LogP contribution >= 0.6 is 0 Å². The second-order valence-corrected chi connectivity index (χ2v) is 4.19. The number of methoxy groups -OCH3 is 1. The molecule has 1 fully saturated rings. The van der Waals surface area contributed by atoms with Crippen molar-refractivity contribution >= 4 is 12.0 Å². The maximum atomic E-state index is 12.1. The van der Waals surface area contributed by atoms with Crippen LogP contribution in [0.3, 0.4) is 0 Å². The molecular weight excluding hydrogens is 250 g/mol. The van der Waals surface area contributed by atoms with E-state index in [1.54, 1.807) is 9.80 Å². The van der Waals surface area contributed by atoms with Gasteiger partial charge < -0.3 is 19.5 Å². The quantitative estimate of drug-likeness (QED) is 0.768. The molecule has 0 saturated carbocycles. The Morgan fingerprint density at radius 3 is 2.32 bits per heavy atom. The third-order valence-electron chi connectivity index (χ3n) is 3.03. The largest absolute Gasteiger partial charge is 0.453 e. The smallest absolute Gasteiger partial charge is 0.409 e. The summed E-state index contributed by atoms with van der Waals surface area (Å²) in [4.78, 5) is 40.0. The Kier molecular flexibility index (Phi) is 3.84. The van der Waals surface area contributed by atoms with E-state index in [1.165, 1.54) is 25.4 Å². The zero-order valence-corrected chi connectivity index (χ0v) is 10.6. The van der Waals surface area contributed by atoms with Crippen molar-refractivity contribution in [1.29, 1.82) is 0 Å². The van der Waals surface area contributed by atoms with Crippen LogP contribution in [0, 0.1) is 0 Å². The molecule has 0 unspecified atom stereocenters. The highest BCUT2D eigenvalue weighted by atomic mass is 16.5. The first-order valence-corrected chi connectivity index (χ1v) is 5.92. The molecule has 0 spiro atoms. The van der Waals surface area contributed by atoms with Crippen LogP contribution in [0.1, 0.15) is 10.4 Å². The predicted molar refractivity (Wildman–Crippen MR) is 66.9 cm³/mol. The van der Waals surface area contributed by atoms with E-state index in [0.29, 0.717) is 31.7 Å². The summed E-state index contributed by atoms with van der Waals surface area (Å²) in [6.45, 7) is 1.80. The third-order valence-corrected chi connectivity index (χ3v) is 3.03. The van der Waals surface area contributed by atoms with Crippen molar-refractivity contribution in [3.63, 3.8) is 0 Å². The lowest BCUT2D eigenvalue weighted by Gasteiger charge is -2.33. The van der Waals surface area contributed by atoms with Gasteiger partial charge in [-0.15, -0.1) is 0 Å². The summed E-state index contributed by atoms with van der Waals surface area (Å²) in [5, 5.41) is 0. The number of carbonyl (C=O) groups excluding carboxylic acids is 2. The standard InChI is InChI=1S/C12H15N3O4/c1-19-12(18)15-6-4-14(5-7-15)11(17)9-2-3-10(16)13-8-9/h2-3,8H,4-7H2,1H3,(H,13,16). The number of aromatic nitrogens is 1. The van der Waals surface area contributed by atoms with Crippen molar-refractivity contribution in [2.75, 3.05) is 33.3 Å². The average Bonchev–Trinajstić information content (AvgIpc) is 2.46. The first-order valence-electron chi connectivity index (χ1n) is 5.92. The molecule has 1 saturated heterocycles. The van der Waals surface area contributed by atoms with Crippen LogP contribution in [0.25, 0.3) is 0 Å². The molecule has 7 nitrogen and oxygen atoms in total. The van der Waals surface area contributed by atoms with Gasteiger partial charge in [0.2, 0.25) is 5.56 Å². The monoisotopic (exact) mass is 265 g/mol. The number of nitrogens with zero attached hydrogens (tertiary/aromatic N) is 2. The first-order chi connectivity index (χ1) is 9.11. The fraction of sp³-hybridized carbons (Fsp3) is 0.417. The second-order valence-electron chi connectivity index (χ2n) is 4.19. The summed E-state index contributed by atoms with van der Waals surface area (Å²) in [5.41, 5.74) is 0.193. The maximum absolute atomic E-state index is 12.1. The Bertz CT molecular complexity index is 512. The van der Waals surface area contributed by atoms with Gasteiger partial charge in [-0.1, -0.05) is 0 Å². The van der Waals surface area contributed by atoms with Crippen molar-refractivity contribution < 1.29 is 14.3 Å². The number of pyridine rings is 1. The van der Waals surface area contributed by atoms with Crippen molar-refractivity contribution in [3.05, 3.63) is 34.2 Å². The number of ether oxygens (including phenoxy) is 1. The highest BCUT2D eigenvalue weighted by Gasteiger charge is 2.25. The number of rotatable bonds is 1. The van der Waals surface area contributed by atoms with Crippen LogP contribution < -0.4 is 5.56 Å². The van der Waals surface area contributed by atoms with E-state index in [-0.39, 0.29) is 17.6 Å². The van der Waals surface area contributed by atoms with E-state index in [9.17, 15) is 14.4 Å². The van der Waals surface area contributed by atoms with E-state index >= 15 is 0 Å². The van der Waals surface area contributed by atoms with Crippen LogP contribution in [-0.4, -0.2) is 60.1 Å². The number of hydrogen-bond acceptors (Lipinski definition) is 4. The Balaban J connectivity index is 1.98.